The van der Waals surface area contributed by atoms with Crippen LogP contribution in [0.4, 0.5) is 5.95 Å². The zero-order chi connectivity index (χ0) is 20.3. The molecule has 0 aliphatic rings. The molecule has 2 aromatic heterocycles. The Morgan fingerprint density at radius 2 is 1.96 bits per heavy atom. The Bertz CT molecular complexity index is 1170. The molecule has 9 nitrogen and oxygen atoms in total. The number of imidazole rings is 1. The molecule has 0 radical (unpaired) electrons. The van der Waals surface area contributed by atoms with Gasteiger partial charge in [0, 0.05) is 31.3 Å². The molecule has 0 saturated carbocycles. The third-order valence-electron chi connectivity index (χ3n) is 4.18. The SMILES string of the molecule is Cn1c(=O)c2c(nc(N/N=C/C=C(\Br)c3ccccc3)n2CCO)n(C)c1=O. The van der Waals surface area contributed by atoms with Crippen molar-refractivity contribution in [1.82, 2.24) is 18.7 Å². The second kappa shape index (κ2) is 8.36. The average molecular weight is 447 g/mol. The summed E-state index contributed by atoms with van der Waals surface area (Å²) in [6, 6.07) is 9.71. The maximum Gasteiger partial charge on any atom is 0.332 e. The summed E-state index contributed by atoms with van der Waals surface area (Å²) in [5, 5.41) is 13.5. The van der Waals surface area contributed by atoms with Crippen LogP contribution in [-0.2, 0) is 20.6 Å². The lowest BCUT2D eigenvalue weighted by atomic mass is 10.2. The van der Waals surface area contributed by atoms with E-state index in [0.29, 0.717) is 0 Å². The highest BCUT2D eigenvalue weighted by Gasteiger charge is 2.18. The highest BCUT2D eigenvalue weighted by Crippen LogP contribution is 2.19. The number of aromatic nitrogens is 4. The largest absolute Gasteiger partial charge is 0.395 e. The van der Waals surface area contributed by atoms with Crippen LogP contribution >= 0.6 is 15.9 Å². The number of nitrogens with zero attached hydrogens (tertiary/aromatic N) is 5. The summed E-state index contributed by atoms with van der Waals surface area (Å²) in [5.74, 6) is 0.253. The second-order valence-corrected chi connectivity index (χ2v) is 6.81. The van der Waals surface area contributed by atoms with Crippen molar-refractivity contribution in [3.8, 4) is 0 Å². The van der Waals surface area contributed by atoms with Crippen molar-refractivity contribution < 1.29 is 5.11 Å². The van der Waals surface area contributed by atoms with Crippen LogP contribution in [0.15, 0.2) is 51.1 Å². The summed E-state index contributed by atoms with van der Waals surface area (Å²) < 4.78 is 4.64. The Balaban J connectivity index is 1.96. The second-order valence-electron chi connectivity index (χ2n) is 5.96. The number of hydrogen-bond acceptors (Lipinski definition) is 6. The van der Waals surface area contributed by atoms with Gasteiger partial charge in [0.05, 0.1) is 6.61 Å². The van der Waals surface area contributed by atoms with Crippen LogP contribution in [0.2, 0.25) is 0 Å². The van der Waals surface area contributed by atoms with Crippen molar-refractivity contribution in [1.29, 1.82) is 0 Å². The topological polar surface area (TPSA) is 106 Å². The van der Waals surface area contributed by atoms with Crippen LogP contribution in [0.25, 0.3) is 15.6 Å². The zero-order valence-electron chi connectivity index (χ0n) is 15.3. The van der Waals surface area contributed by atoms with Gasteiger partial charge in [-0.3, -0.25) is 13.9 Å². The number of hydrazone groups is 1. The molecule has 0 bridgehead atoms. The van der Waals surface area contributed by atoms with E-state index in [9.17, 15) is 14.7 Å². The van der Waals surface area contributed by atoms with Crippen LogP contribution < -0.4 is 16.7 Å². The first-order chi connectivity index (χ1) is 13.5. The molecule has 3 aromatic rings. The molecule has 0 fully saturated rings. The maximum atomic E-state index is 12.5. The third kappa shape index (κ3) is 3.69. The van der Waals surface area contributed by atoms with E-state index in [1.54, 1.807) is 6.08 Å². The summed E-state index contributed by atoms with van der Waals surface area (Å²) in [6.45, 7) is -0.0688. The van der Waals surface area contributed by atoms with E-state index in [1.807, 2.05) is 30.3 Å². The highest BCUT2D eigenvalue weighted by molar-refractivity contribution is 9.15. The number of aliphatic hydroxyl groups is 1. The highest BCUT2D eigenvalue weighted by atomic mass is 79.9. The quantitative estimate of drug-likeness (QED) is 0.437. The lowest BCUT2D eigenvalue weighted by Gasteiger charge is -2.07. The summed E-state index contributed by atoms with van der Waals surface area (Å²) in [6.07, 6.45) is 3.30. The molecule has 0 aliphatic heterocycles. The smallest absolute Gasteiger partial charge is 0.332 e. The van der Waals surface area contributed by atoms with Gasteiger partial charge in [-0.05, 0) is 11.6 Å². The number of allylic oxidation sites excluding steroid dienone is 1. The summed E-state index contributed by atoms with van der Waals surface area (Å²) >= 11 is 3.48. The molecule has 0 aliphatic carbocycles. The molecule has 1 aromatic carbocycles. The van der Waals surface area contributed by atoms with Crippen molar-refractivity contribution in [3.63, 3.8) is 0 Å². The van der Waals surface area contributed by atoms with Gasteiger partial charge in [-0.15, -0.1) is 0 Å². The molecule has 10 heteroatoms. The van der Waals surface area contributed by atoms with Crippen LogP contribution in [0.3, 0.4) is 0 Å². The molecule has 0 amide bonds. The number of nitrogens with one attached hydrogen (secondary N) is 1. The molecule has 28 heavy (non-hydrogen) atoms. The predicted octanol–water partition coefficient (Wildman–Crippen LogP) is 1.26. The molecular formula is C18H19BrN6O3. The van der Waals surface area contributed by atoms with E-state index in [-0.39, 0.29) is 30.3 Å². The van der Waals surface area contributed by atoms with Gasteiger partial charge >= 0.3 is 5.69 Å². The molecular weight excluding hydrogens is 428 g/mol. The summed E-state index contributed by atoms with van der Waals surface area (Å²) in [5.41, 5.74) is 3.25. The number of aliphatic hydroxyl groups excluding tert-OH is 1. The fourth-order valence-electron chi connectivity index (χ4n) is 2.74. The molecule has 2 heterocycles. The molecule has 0 atom stereocenters. The van der Waals surface area contributed by atoms with Crippen LogP contribution in [-0.4, -0.2) is 36.6 Å². The first kappa shape index (κ1) is 19.8. The number of benzene rings is 1. The summed E-state index contributed by atoms with van der Waals surface area (Å²) in [7, 11) is 2.94. The Morgan fingerprint density at radius 1 is 1.25 bits per heavy atom. The molecule has 2 N–H and O–H groups in total. The Kier molecular flexibility index (Phi) is 5.90. The van der Waals surface area contributed by atoms with Crippen molar-refractivity contribution in [2.45, 2.75) is 6.54 Å². The Morgan fingerprint density at radius 3 is 2.64 bits per heavy atom. The van der Waals surface area contributed by atoms with Gasteiger partial charge < -0.3 is 9.67 Å². The van der Waals surface area contributed by atoms with E-state index in [4.69, 9.17) is 0 Å². The van der Waals surface area contributed by atoms with Gasteiger partial charge in [-0.25, -0.2) is 10.2 Å². The zero-order valence-corrected chi connectivity index (χ0v) is 16.9. The maximum absolute atomic E-state index is 12.5. The van der Waals surface area contributed by atoms with Crippen LogP contribution in [0, 0.1) is 0 Å². The standard InChI is InChI=1S/C18H19BrN6O3/c1-23-15-14(16(27)24(2)18(23)28)25(10-11-26)17(21-15)22-20-9-8-13(19)12-6-4-3-5-7-12/h3-9,26H,10-11H2,1-2H3,(H,21,22)/b13-8-,20-9+. The average Bonchev–Trinajstić information content (AvgIpc) is 3.07. The number of rotatable bonds is 6. The minimum Gasteiger partial charge on any atom is -0.395 e. The van der Waals surface area contributed by atoms with E-state index in [2.05, 4.69) is 31.4 Å². The van der Waals surface area contributed by atoms with Gasteiger partial charge in [0.2, 0.25) is 5.95 Å². The van der Waals surface area contributed by atoms with E-state index in [1.165, 1.54) is 29.4 Å². The van der Waals surface area contributed by atoms with Gasteiger partial charge in [-0.1, -0.05) is 46.3 Å². The van der Waals surface area contributed by atoms with Gasteiger partial charge in [0.15, 0.2) is 11.2 Å². The fourth-order valence-corrected chi connectivity index (χ4v) is 3.12. The van der Waals surface area contributed by atoms with Gasteiger partial charge in [0.1, 0.15) is 0 Å². The van der Waals surface area contributed by atoms with Gasteiger partial charge in [-0.2, -0.15) is 10.1 Å². The number of hydrogen-bond donors (Lipinski definition) is 2. The molecule has 0 unspecified atom stereocenters. The predicted molar refractivity (Wildman–Crippen MR) is 113 cm³/mol. The minimum atomic E-state index is -0.484. The lowest BCUT2D eigenvalue weighted by molar-refractivity contribution is 0.278. The van der Waals surface area contributed by atoms with Gasteiger partial charge in [0.25, 0.3) is 5.56 Å². The van der Waals surface area contributed by atoms with Crippen molar-refractivity contribution >= 4 is 43.7 Å². The van der Waals surface area contributed by atoms with Crippen molar-refractivity contribution in [3.05, 3.63) is 62.8 Å². The minimum absolute atomic E-state index is 0.130. The number of anilines is 1. The van der Waals surface area contributed by atoms with Crippen molar-refractivity contribution in [2.75, 3.05) is 12.0 Å². The molecule has 0 spiro atoms. The molecule has 3 rings (SSSR count). The van der Waals surface area contributed by atoms with Crippen LogP contribution in [0.5, 0.6) is 0 Å². The monoisotopic (exact) mass is 446 g/mol. The van der Waals surface area contributed by atoms with Crippen LogP contribution in [0.1, 0.15) is 5.56 Å². The number of fused-ring (bicyclic) bond motifs is 1. The van der Waals surface area contributed by atoms with E-state index < -0.39 is 11.2 Å². The fraction of sp³-hybridized carbons (Fsp3) is 0.222. The Labute approximate surface area is 168 Å². The normalized spacial score (nSPS) is 12.2. The van der Waals surface area contributed by atoms with E-state index in [0.717, 1.165) is 14.6 Å². The third-order valence-corrected chi connectivity index (χ3v) is 4.90. The summed E-state index contributed by atoms with van der Waals surface area (Å²) in [4.78, 5) is 28.9. The number of aryl methyl sites for hydroxylation is 1. The lowest BCUT2D eigenvalue weighted by Crippen LogP contribution is -2.37. The molecule has 146 valence electrons. The van der Waals surface area contributed by atoms with Crippen molar-refractivity contribution in [2.24, 2.45) is 19.2 Å². The first-order valence-corrected chi connectivity index (χ1v) is 9.22. The van der Waals surface area contributed by atoms with E-state index >= 15 is 0 Å². The number of halogens is 1. The molecule has 0 saturated heterocycles. The first-order valence-electron chi connectivity index (χ1n) is 8.43. The Hall–Kier alpha value is -2.98.